The molecule has 0 radical (unpaired) electrons. The van der Waals surface area contributed by atoms with Crippen molar-refractivity contribution in [1.82, 2.24) is 5.32 Å². The van der Waals surface area contributed by atoms with E-state index in [0.717, 1.165) is 25.2 Å². The average Bonchev–Trinajstić information content (AvgIpc) is 2.78. The van der Waals surface area contributed by atoms with Crippen molar-refractivity contribution in [3.05, 3.63) is 29.3 Å². The number of rotatable bonds is 4. The highest BCUT2D eigenvalue weighted by molar-refractivity contribution is 5.46. The van der Waals surface area contributed by atoms with Gasteiger partial charge in [-0.25, -0.2) is 0 Å². The Bertz CT molecular complexity index is 398. The van der Waals surface area contributed by atoms with Gasteiger partial charge < -0.3 is 10.1 Å². The van der Waals surface area contributed by atoms with Crippen LogP contribution >= 0.6 is 0 Å². The highest BCUT2D eigenvalue weighted by atomic mass is 16.5. The Morgan fingerprint density at radius 2 is 2.18 bits per heavy atom. The van der Waals surface area contributed by atoms with Gasteiger partial charge in [-0.3, -0.25) is 0 Å². The lowest BCUT2D eigenvalue weighted by Gasteiger charge is -2.34. The van der Waals surface area contributed by atoms with Crippen molar-refractivity contribution < 1.29 is 4.74 Å². The second-order valence-corrected chi connectivity index (χ2v) is 5.50. The molecule has 1 heterocycles. The predicted molar refractivity (Wildman–Crippen MR) is 71.5 cm³/mol. The van der Waals surface area contributed by atoms with Gasteiger partial charge in [-0.15, -0.1) is 0 Å². The van der Waals surface area contributed by atoms with Crippen LogP contribution in [0.4, 0.5) is 0 Å². The SMILES string of the molecule is CCC(C)(C)C(NC)c1cccc2c1OCC2. The van der Waals surface area contributed by atoms with Crippen LogP contribution in [0.15, 0.2) is 18.2 Å². The van der Waals surface area contributed by atoms with E-state index in [9.17, 15) is 0 Å². The topological polar surface area (TPSA) is 21.3 Å². The second-order valence-electron chi connectivity index (χ2n) is 5.50. The number of fused-ring (bicyclic) bond motifs is 1. The lowest BCUT2D eigenvalue weighted by molar-refractivity contribution is 0.238. The summed E-state index contributed by atoms with van der Waals surface area (Å²) in [6, 6.07) is 6.87. The van der Waals surface area contributed by atoms with Crippen molar-refractivity contribution in [2.75, 3.05) is 13.7 Å². The molecule has 1 unspecified atom stereocenters. The average molecular weight is 233 g/mol. The minimum atomic E-state index is 0.232. The molecule has 0 aromatic heterocycles. The van der Waals surface area contributed by atoms with Crippen LogP contribution in [0.5, 0.6) is 5.75 Å². The standard InChI is InChI=1S/C15H23NO/c1-5-15(2,3)14(16-4)12-8-6-7-11-9-10-17-13(11)12/h6-8,14,16H,5,9-10H2,1-4H3. The fourth-order valence-electron chi connectivity index (χ4n) is 2.64. The number of hydrogen-bond donors (Lipinski definition) is 1. The molecule has 0 bridgehead atoms. The molecule has 1 aromatic rings. The van der Waals surface area contributed by atoms with Crippen LogP contribution in [0.2, 0.25) is 0 Å². The summed E-state index contributed by atoms with van der Waals surface area (Å²) in [6.45, 7) is 7.69. The van der Waals surface area contributed by atoms with Crippen molar-refractivity contribution in [2.24, 2.45) is 5.41 Å². The minimum absolute atomic E-state index is 0.232. The van der Waals surface area contributed by atoms with Crippen LogP contribution in [0, 0.1) is 5.41 Å². The second kappa shape index (κ2) is 4.69. The van der Waals surface area contributed by atoms with Crippen molar-refractivity contribution in [1.29, 1.82) is 0 Å². The summed E-state index contributed by atoms with van der Waals surface area (Å²) in [6.07, 6.45) is 2.19. The van der Waals surface area contributed by atoms with Crippen LogP contribution in [-0.4, -0.2) is 13.7 Å². The molecule has 0 amide bonds. The van der Waals surface area contributed by atoms with Gasteiger partial charge in [0.1, 0.15) is 5.75 Å². The maximum absolute atomic E-state index is 5.81. The lowest BCUT2D eigenvalue weighted by Crippen LogP contribution is -2.31. The van der Waals surface area contributed by atoms with Crippen LogP contribution in [-0.2, 0) is 6.42 Å². The van der Waals surface area contributed by atoms with Gasteiger partial charge in [-0.05, 0) is 24.4 Å². The van der Waals surface area contributed by atoms with Gasteiger partial charge in [0.25, 0.3) is 0 Å². The first-order valence-electron chi connectivity index (χ1n) is 6.52. The van der Waals surface area contributed by atoms with E-state index in [2.05, 4.69) is 44.3 Å². The Balaban J connectivity index is 2.42. The minimum Gasteiger partial charge on any atom is -0.493 e. The molecule has 17 heavy (non-hydrogen) atoms. The Kier molecular flexibility index (Phi) is 3.43. The van der Waals surface area contributed by atoms with Crippen LogP contribution in [0.3, 0.4) is 0 Å². The fraction of sp³-hybridized carbons (Fsp3) is 0.600. The van der Waals surface area contributed by atoms with Gasteiger partial charge in [-0.2, -0.15) is 0 Å². The van der Waals surface area contributed by atoms with Gasteiger partial charge in [0.2, 0.25) is 0 Å². The van der Waals surface area contributed by atoms with E-state index >= 15 is 0 Å². The molecule has 2 nitrogen and oxygen atoms in total. The maximum atomic E-state index is 5.81. The molecule has 0 fully saturated rings. The zero-order chi connectivity index (χ0) is 12.5. The molecule has 2 rings (SSSR count). The molecular weight excluding hydrogens is 210 g/mol. The summed E-state index contributed by atoms with van der Waals surface area (Å²) < 4.78 is 5.81. The molecule has 1 aromatic carbocycles. The van der Waals surface area contributed by atoms with Crippen molar-refractivity contribution >= 4 is 0 Å². The summed E-state index contributed by atoms with van der Waals surface area (Å²) in [5, 5.41) is 3.46. The number of benzene rings is 1. The highest BCUT2D eigenvalue weighted by Gasteiger charge is 2.31. The summed E-state index contributed by atoms with van der Waals surface area (Å²) in [5.74, 6) is 1.12. The first-order valence-corrected chi connectivity index (χ1v) is 6.52. The number of nitrogens with one attached hydrogen (secondary N) is 1. The third kappa shape index (κ3) is 2.19. The Morgan fingerprint density at radius 1 is 1.41 bits per heavy atom. The Morgan fingerprint density at radius 3 is 2.82 bits per heavy atom. The molecule has 0 aliphatic carbocycles. The Labute approximate surface area is 104 Å². The quantitative estimate of drug-likeness (QED) is 0.861. The van der Waals surface area contributed by atoms with Gasteiger partial charge in [0.15, 0.2) is 0 Å². The summed E-state index contributed by atoms with van der Waals surface area (Å²) in [5.41, 5.74) is 2.90. The molecule has 1 N–H and O–H groups in total. The largest absolute Gasteiger partial charge is 0.493 e. The monoisotopic (exact) mass is 233 g/mol. The molecule has 1 atom stereocenters. The van der Waals surface area contributed by atoms with E-state index in [1.807, 2.05) is 7.05 Å². The third-order valence-corrected chi connectivity index (χ3v) is 4.04. The van der Waals surface area contributed by atoms with E-state index in [-0.39, 0.29) is 5.41 Å². The number of ether oxygens (including phenoxy) is 1. The van der Waals surface area contributed by atoms with Gasteiger partial charge in [0.05, 0.1) is 6.61 Å². The molecule has 2 heteroatoms. The molecule has 94 valence electrons. The zero-order valence-electron chi connectivity index (χ0n) is 11.3. The van der Waals surface area contributed by atoms with Gasteiger partial charge in [0, 0.05) is 18.0 Å². The van der Waals surface area contributed by atoms with E-state index < -0.39 is 0 Å². The van der Waals surface area contributed by atoms with Crippen LogP contribution < -0.4 is 10.1 Å². The van der Waals surface area contributed by atoms with Crippen LogP contribution in [0.1, 0.15) is 44.4 Å². The summed E-state index contributed by atoms with van der Waals surface area (Å²) in [7, 11) is 2.04. The van der Waals surface area contributed by atoms with Gasteiger partial charge >= 0.3 is 0 Å². The highest BCUT2D eigenvalue weighted by Crippen LogP contribution is 2.42. The predicted octanol–water partition coefficient (Wildman–Crippen LogP) is 3.32. The van der Waals surface area contributed by atoms with Crippen molar-refractivity contribution in [3.8, 4) is 5.75 Å². The molecule has 0 saturated heterocycles. The van der Waals surface area contributed by atoms with E-state index in [1.165, 1.54) is 11.1 Å². The molecule has 1 aliphatic rings. The third-order valence-electron chi connectivity index (χ3n) is 4.04. The summed E-state index contributed by atoms with van der Waals surface area (Å²) in [4.78, 5) is 0. The molecular formula is C15H23NO. The number of para-hydroxylation sites is 1. The molecule has 1 aliphatic heterocycles. The van der Waals surface area contributed by atoms with Crippen molar-refractivity contribution in [2.45, 2.75) is 39.7 Å². The smallest absolute Gasteiger partial charge is 0.127 e. The van der Waals surface area contributed by atoms with E-state index in [0.29, 0.717) is 6.04 Å². The molecule has 0 spiro atoms. The maximum Gasteiger partial charge on any atom is 0.127 e. The van der Waals surface area contributed by atoms with E-state index in [4.69, 9.17) is 4.74 Å². The number of hydrogen-bond acceptors (Lipinski definition) is 2. The normalized spacial score (nSPS) is 16.5. The fourth-order valence-corrected chi connectivity index (χ4v) is 2.64. The van der Waals surface area contributed by atoms with Crippen molar-refractivity contribution in [3.63, 3.8) is 0 Å². The van der Waals surface area contributed by atoms with Gasteiger partial charge in [-0.1, -0.05) is 39.0 Å². The first kappa shape index (κ1) is 12.4. The molecule has 0 saturated carbocycles. The van der Waals surface area contributed by atoms with E-state index in [1.54, 1.807) is 0 Å². The van der Waals surface area contributed by atoms with Crippen LogP contribution in [0.25, 0.3) is 0 Å². The summed E-state index contributed by atoms with van der Waals surface area (Å²) >= 11 is 0. The lowest BCUT2D eigenvalue weighted by atomic mass is 9.78. The Hall–Kier alpha value is -1.02. The zero-order valence-corrected chi connectivity index (χ0v) is 11.3. The first-order chi connectivity index (χ1) is 8.10.